The molecule has 0 aliphatic carbocycles. The number of alkyl halides is 3. The zero-order valence-corrected chi connectivity index (χ0v) is 19.4. The van der Waals surface area contributed by atoms with E-state index in [1.807, 2.05) is 30.3 Å². The summed E-state index contributed by atoms with van der Waals surface area (Å²) in [7, 11) is -4.17. The zero-order chi connectivity index (χ0) is 24.2. The molecule has 0 aliphatic heterocycles. The van der Waals surface area contributed by atoms with Gasteiger partial charge in [-0.15, -0.1) is 11.8 Å². The third-order valence-corrected chi connectivity index (χ3v) is 7.22. The molecule has 0 aromatic heterocycles. The Kier molecular flexibility index (Phi) is 7.61. The second-order valence-electron chi connectivity index (χ2n) is 6.88. The maximum absolute atomic E-state index is 13.0. The van der Waals surface area contributed by atoms with Gasteiger partial charge in [0.2, 0.25) is 5.91 Å². The number of carbonyl (C=O) groups excluding carboxylic acids is 1. The largest absolute Gasteiger partial charge is 0.417 e. The fraction of sp³-hybridized carbons (Fsp3) is 0.136. The molecule has 1 atom stereocenters. The van der Waals surface area contributed by atoms with Gasteiger partial charge in [-0.25, -0.2) is 8.42 Å². The van der Waals surface area contributed by atoms with E-state index in [0.29, 0.717) is 11.8 Å². The number of carbonyl (C=O) groups is 1. The van der Waals surface area contributed by atoms with E-state index in [0.717, 1.165) is 17.0 Å². The van der Waals surface area contributed by atoms with Crippen LogP contribution in [0.4, 0.5) is 24.5 Å². The minimum absolute atomic E-state index is 0.185. The fourth-order valence-electron chi connectivity index (χ4n) is 2.74. The van der Waals surface area contributed by atoms with E-state index in [1.54, 1.807) is 6.92 Å². The van der Waals surface area contributed by atoms with Crippen LogP contribution in [0.5, 0.6) is 0 Å². The SMILES string of the molecule is C[C@@H](Sc1ccccc1)C(=O)Nc1ccc(S(=O)(=O)Nc2ccc(Cl)c(C(F)(F)F)c2)cc1. The smallest absolute Gasteiger partial charge is 0.325 e. The number of benzene rings is 3. The molecule has 0 fully saturated rings. The highest BCUT2D eigenvalue weighted by Crippen LogP contribution is 2.36. The summed E-state index contributed by atoms with van der Waals surface area (Å²) in [5.74, 6) is -0.265. The van der Waals surface area contributed by atoms with E-state index in [-0.39, 0.29) is 16.5 Å². The summed E-state index contributed by atoms with van der Waals surface area (Å²) < 4.78 is 66.3. The molecule has 3 rings (SSSR count). The predicted molar refractivity (Wildman–Crippen MR) is 124 cm³/mol. The Hall–Kier alpha value is -2.69. The number of sulfonamides is 1. The summed E-state index contributed by atoms with van der Waals surface area (Å²) in [4.78, 5) is 13.2. The van der Waals surface area contributed by atoms with E-state index in [9.17, 15) is 26.4 Å². The number of hydrogen-bond donors (Lipinski definition) is 2. The molecule has 33 heavy (non-hydrogen) atoms. The van der Waals surface area contributed by atoms with Crippen molar-refractivity contribution in [1.29, 1.82) is 0 Å². The van der Waals surface area contributed by atoms with Crippen LogP contribution in [-0.4, -0.2) is 19.6 Å². The van der Waals surface area contributed by atoms with Gasteiger partial charge in [-0.3, -0.25) is 9.52 Å². The summed E-state index contributed by atoms with van der Waals surface area (Å²) in [6.45, 7) is 1.75. The van der Waals surface area contributed by atoms with Crippen LogP contribution in [0.25, 0.3) is 0 Å². The maximum atomic E-state index is 13.0. The number of hydrogen-bond acceptors (Lipinski definition) is 4. The van der Waals surface area contributed by atoms with Crippen LogP contribution >= 0.6 is 23.4 Å². The lowest BCUT2D eigenvalue weighted by atomic mass is 10.2. The molecule has 0 radical (unpaired) electrons. The number of amides is 1. The molecule has 0 unspecified atom stereocenters. The minimum atomic E-state index is -4.73. The zero-order valence-electron chi connectivity index (χ0n) is 17.1. The van der Waals surface area contributed by atoms with E-state index >= 15 is 0 Å². The normalized spacial score (nSPS) is 12.8. The Balaban J connectivity index is 1.68. The van der Waals surface area contributed by atoms with Crippen molar-refractivity contribution in [3.05, 3.63) is 83.4 Å². The molecular weight excluding hydrogens is 497 g/mol. The second-order valence-corrected chi connectivity index (χ2v) is 10.4. The molecule has 11 heteroatoms. The van der Waals surface area contributed by atoms with Gasteiger partial charge in [0.15, 0.2) is 0 Å². The maximum Gasteiger partial charge on any atom is 0.417 e. The average Bonchev–Trinajstić information content (AvgIpc) is 2.75. The molecule has 0 saturated heterocycles. The molecule has 0 aliphatic rings. The van der Waals surface area contributed by atoms with Crippen LogP contribution in [0.1, 0.15) is 12.5 Å². The van der Waals surface area contributed by atoms with E-state index in [4.69, 9.17) is 11.6 Å². The predicted octanol–water partition coefficient (Wildman–Crippen LogP) is 6.28. The van der Waals surface area contributed by atoms with Crippen molar-refractivity contribution in [1.82, 2.24) is 0 Å². The van der Waals surface area contributed by atoms with Gasteiger partial charge in [-0.1, -0.05) is 29.8 Å². The number of anilines is 2. The molecule has 3 aromatic rings. The molecule has 0 bridgehead atoms. The van der Waals surface area contributed by atoms with Crippen molar-refractivity contribution in [2.75, 3.05) is 10.0 Å². The first kappa shape index (κ1) is 24.9. The van der Waals surface area contributed by atoms with Crippen molar-refractivity contribution < 1.29 is 26.4 Å². The van der Waals surface area contributed by atoms with E-state index in [1.165, 1.54) is 36.0 Å². The van der Waals surface area contributed by atoms with Gasteiger partial charge in [-0.2, -0.15) is 13.2 Å². The Bertz CT molecular complexity index is 1240. The molecule has 5 nitrogen and oxygen atoms in total. The first-order chi connectivity index (χ1) is 15.5. The first-order valence-electron chi connectivity index (χ1n) is 9.48. The lowest BCUT2D eigenvalue weighted by Gasteiger charge is -2.14. The van der Waals surface area contributed by atoms with Gasteiger partial charge in [0, 0.05) is 16.3 Å². The third-order valence-electron chi connectivity index (χ3n) is 4.38. The van der Waals surface area contributed by atoms with Crippen molar-refractivity contribution in [3.63, 3.8) is 0 Å². The first-order valence-corrected chi connectivity index (χ1v) is 12.2. The summed E-state index contributed by atoms with van der Waals surface area (Å²) in [6.07, 6.45) is -4.73. The summed E-state index contributed by atoms with van der Waals surface area (Å²) in [5.41, 5.74) is -1.05. The topological polar surface area (TPSA) is 75.3 Å². The number of halogens is 4. The molecule has 0 saturated carbocycles. The lowest BCUT2D eigenvalue weighted by Crippen LogP contribution is -2.22. The summed E-state index contributed by atoms with van der Waals surface area (Å²) in [6, 6.07) is 17.4. The van der Waals surface area contributed by atoms with Gasteiger partial charge in [0.1, 0.15) is 0 Å². The number of nitrogens with one attached hydrogen (secondary N) is 2. The third kappa shape index (κ3) is 6.66. The van der Waals surface area contributed by atoms with Gasteiger partial charge in [-0.05, 0) is 61.5 Å². The van der Waals surface area contributed by atoms with Crippen molar-refractivity contribution >= 4 is 50.7 Å². The van der Waals surface area contributed by atoms with Gasteiger partial charge in [0.25, 0.3) is 10.0 Å². The molecule has 3 aromatic carbocycles. The van der Waals surface area contributed by atoms with Gasteiger partial charge in [0.05, 0.1) is 20.7 Å². The van der Waals surface area contributed by atoms with Crippen LogP contribution in [-0.2, 0) is 21.0 Å². The van der Waals surface area contributed by atoms with Crippen molar-refractivity contribution in [2.45, 2.75) is 28.1 Å². The monoisotopic (exact) mass is 514 g/mol. The van der Waals surface area contributed by atoms with Crippen molar-refractivity contribution in [3.8, 4) is 0 Å². The molecule has 174 valence electrons. The molecular formula is C22H18ClF3N2O3S2. The van der Waals surface area contributed by atoms with E-state index in [2.05, 4.69) is 10.0 Å². The Morgan fingerprint density at radius 2 is 1.58 bits per heavy atom. The summed E-state index contributed by atoms with van der Waals surface area (Å²) >= 11 is 6.94. The quantitative estimate of drug-likeness (QED) is 0.364. The molecule has 0 spiro atoms. The lowest BCUT2D eigenvalue weighted by molar-refractivity contribution is -0.137. The minimum Gasteiger partial charge on any atom is -0.325 e. The van der Waals surface area contributed by atoms with E-state index < -0.39 is 32.0 Å². The fourth-order valence-corrected chi connectivity index (χ4v) is 4.90. The van der Waals surface area contributed by atoms with Gasteiger partial charge >= 0.3 is 6.18 Å². The standard InChI is InChI=1S/C22H18ClF3N2O3S2/c1-14(32-17-5-3-2-4-6-17)21(29)27-15-7-10-18(11-8-15)33(30,31)28-16-9-12-20(23)19(13-16)22(24,25)26/h2-14,28H,1H3,(H,27,29)/t14-/m1/s1. The highest BCUT2D eigenvalue weighted by molar-refractivity contribution is 8.00. The summed E-state index contributed by atoms with van der Waals surface area (Å²) in [5, 5.41) is 1.77. The second kappa shape index (κ2) is 10.1. The van der Waals surface area contributed by atoms with Crippen LogP contribution in [0.2, 0.25) is 5.02 Å². The van der Waals surface area contributed by atoms with Crippen LogP contribution in [0.3, 0.4) is 0 Å². The van der Waals surface area contributed by atoms with Crippen molar-refractivity contribution in [2.24, 2.45) is 0 Å². The molecule has 0 heterocycles. The Morgan fingerprint density at radius 1 is 0.970 bits per heavy atom. The Morgan fingerprint density at radius 3 is 2.18 bits per heavy atom. The average molecular weight is 515 g/mol. The Labute approximate surface area is 198 Å². The highest BCUT2D eigenvalue weighted by atomic mass is 35.5. The molecule has 2 N–H and O–H groups in total. The number of rotatable bonds is 7. The van der Waals surface area contributed by atoms with Crippen LogP contribution in [0.15, 0.2) is 82.6 Å². The number of thioether (sulfide) groups is 1. The highest BCUT2D eigenvalue weighted by Gasteiger charge is 2.33. The van der Waals surface area contributed by atoms with Gasteiger partial charge < -0.3 is 5.32 Å². The van der Waals surface area contributed by atoms with Crippen LogP contribution < -0.4 is 10.0 Å². The molecule has 1 amide bonds. The van der Waals surface area contributed by atoms with Crippen LogP contribution in [0, 0.1) is 0 Å².